The van der Waals surface area contributed by atoms with E-state index in [1.54, 1.807) is 54.6 Å². The quantitative estimate of drug-likeness (QED) is 0.0475. The number of aromatic nitrogens is 2. The van der Waals surface area contributed by atoms with Crippen molar-refractivity contribution < 1.29 is 24.2 Å². The number of thioether (sulfide) groups is 1. The monoisotopic (exact) mass is 619 g/mol. The number of ether oxygens (including phenoxy) is 2. The topological polar surface area (TPSA) is 102 Å². The molecule has 0 bridgehead atoms. The van der Waals surface area contributed by atoms with E-state index in [2.05, 4.69) is 16.8 Å². The van der Waals surface area contributed by atoms with E-state index in [1.165, 1.54) is 28.0 Å². The number of amides is 1. The van der Waals surface area contributed by atoms with Gasteiger partial charge in [0.05, 0.1) is 18.2 Å². The molecule has 11 heteroatoms. The van der Waals surface area contributed by atoms with Crippen LogP contribution in [0.2, 0.25) is 5.02 Å². The minimum Gasteiger partial charge on any atom is -0.507 e. The van der Waals surface area contributed by atoms with Gasteiger partial charge in [-0.3, -0.25) is 14.5 Å². The number of nitrogens with zero attached hydrogens (tertiary/aromatic N) is 3. The first-order chi connectivity index (χ1) is 20.4. The van der Waals surface area contributed by atoms with E-state index in [0.29, 0.717) is 44.3 Å². The van der Waals surface area contributed by atoms with Crippen LogP contribution in [0.3, 0.4) is 0 Å². The molecule has 1 saturated heterocycles. The lowest BCUT2D eigenvalue weighted by molar-refractivity contribution is -0.132. The summed E-state index contributed by atoms with van der Waals surface area (Å²) in [5.74, 6) is -0.259. The minimum atomic E-state index is -0.974. The van der Waals surface area contributed by atoms with Crippen molar-refractivity contribution in [1.82, 2.24) is 10.2 Å². The van der Waals surface area contributed by atoms with Gasteiger partial charge in [0.1, 0.15) is 23.9 Å². The van der Waals surface area contributed by atoms with Gasteiger partial charge in [-0.2, -0.15) is 0 Å². The Kier molecular flexibility index (Phi) is 9.26. The van der Waals surface area contributed by atoms with Gasteiger partial charge in [-0.1, -0.05) is 77.7 Å². The molecular formula is C31H26ClN3O5S2. The number of aliphatic hydroxyl groups excluding tert-OH is 1. The number of halogens is 1. The number of rotatable bonds is 11. The molecule has 1 unspecified atom stereocenters. The maximum atomic E-state index is 13.5. The van der Waals surface area contributed by atoms with E-state index in [9.17, 15) is 14.7 Å². The standard InChI is InChI=1S/C31H26ClN3O5S2/c1-3-16-40-23-10-7-9-20(17-23)26-25(27(36)19-12-14-22(15-13-19)39-4-2)28(37)29(38)35(26)30-33-34-31(42-30)41-18-21-8-5-6-11-24(21)32/h3,5-15,17,26,36H,1,4,16,18H2,2H3/b27-25+. The van der Waals surface area contributed by atoms with Gasteiger partial charge in [0, 0.05) is 16.3 Å². The maximum Gasteiger partial charge on any atom is 0.301 e. The average molecular weight is 620 g/mol. The highest BCUT2D eigenvalue weighted by Gasteiger charge is 2.48. The van der Waals surface area contributed by atoms with Crippen LogP contribution in [0.4, 0.5) is 5.13 Å². The lowest BCUT2D eigenvalue weighted by atomic mass is 9.95. The largest absolute Gasteiger partial charge is 0.507 e. The molecule has 1 atom stereocenters. The van der Waals surface area contributed by atoms with E-state index in [-0.39, 0.29) is 23.1 Å². The minimum absolute atomic E-state index is 0.0644. The Hall–Kier alpha value is -4.12. The van der Waals surface area contributed by atoms with Crippen LogP contribution in [0, 0.1) is 0 Å². The van der Waals surface area contributed by atoms with E-state index in [1.807, 2.05) is 31.2 Å². The highest BCUT2D eigenvalue weighted by atomic mass is 35.5. The first-order valence-electron chi connectivity index (χ1n) is 13.0. The number of aliphatic hydroxyl groups is 1. The van der Waals surface area contributed by atoms with Gasteiger partial charge in [0.15, 0.2) is 4.34 Å². The van der Waals surface area contributed by atoms with E-state index < -0.39 is 17.7 Å². The van der Waals surface area contributed by atoms with Crippen molar-refractivity contribution in [3.05, 3.63) is 113 Å². The normalized spacial score (nSPS) is 16.0. The number of carbonyl (C=O) groups excluding carboxylic acids is 2. The Bertz CT molecular complexity index is 1650. The molecule has 2 heterocycles. The van der Waals surface area contributed by atoms with Gasteiger partial charge in [-0.15, -0.1) is 10.2 Å². The number of benzene rings is 3. The number of carbonyl (C=O) groups is 2. The Labute approximate surface area is 256 Å². The lowest BCUT2D eigenvalue weighted by Gasteiger charge is -2.23. The zero-order valence-corrected chi connectivity index (χ0v) is 24.9. The average Bonchev–Trinajstić information content (AvgIpc) is 3.57. The molecule has 42 heavy (non-hydrogen) atoms. The summed E-state index contributed by atoms with van der Waals surface area (Å²) in [5.41, 5.74) is 1.80. The second kappa shape index (κ2) is 13.2. The molecule has 8 nitrogen and oxygen atoms in total. The first kappa shape index (κ1) is 29.4. The third kappa shape index (κ3) is 6.20. The van der Waals surface area contributed by atoms with Crippen molar-refractivity contribution in [3.8, 4) is 11.5 Å². The fraction of sp³-hybridized carbons (Fsp3) is 0.161. The van der Waals surface area contributed by atoms with E-state index in [0.717, 1.165) is 5.56 Å². The highest BCUT2D eigenvalue weighted by molar-refractivity contribution is 8.00. The predicted molar refractivity (Wildman–Crippen MR) is 165 cm³/mol. The summed E-state index contributed by atoms with van der Waals surface area (Å²) in [7, 11) is 0. The molecule has 0 spiro atoms. The molecule has 1 aliphatic rings. The van der Waals surface area contributed by atoms with Crippen molar-refractivity contribution >= 4 is 57.3 Å². The fourth-order valence-corrected chi connectivity index (χ4v) is 6.57. The molecule has 214 valence electrons. The van der Waals surface area contributed by atoms with Crippen LogP contribution >= 0.6 is 34.7 Å². The molecule has 4 aromatic rings. The Morgan fingerprint density at radius 3 is 2.60 bits per heavy atom. The molecule has 0 aliphatic carbocycles. The Morgan fingerprint density at radius 2 is 1.86 bits per heavy atom. The Balaban J connectivity index is 1.55. The highest BCUT2D eigenvalue weighted by Crippen LogP contribution is 2.44. The maximum absolute atomic E-state index is 13.5. The third-order valence-electron chi connectivity index (χ3n) is 6.34. The zero-order chi connectivity index (χ0) is 29.6. The smallest absolute Gasteiger partial charge is 0.301 e. The summed E-state index contributed by atoms with van der Waals surface area (Å²) in [6, 6.07) is 20.2. The van der Waals surface area contributed by atoms with Crippen molar-refractivity contribution in [2.24, 2.45) is 0 Å². The molecule has 1 fully saturated rings. The molecule has 3 aromatic carbocycles. The van der Waals surface area contributed by atoms with Crippen LogP contribution in [0.5, 0.6) is 11.5 Å². The van der Waals surface area contributed by atoms with E-state index >= 15 is 0 Å². The molecule has 0 saturated carbocycles. The molecule has 1 N–H and O–H groups in total. The molecule has 1 aliphatic heterocycles. The van der Waals surface area contributed by atoms with Crippen LogP contribution in [0.1, 0.15) is 29.7 Å². The summed E-state index contributed by atoms with van der Waals surface area (Å²) in [6.07, 6.45) is 1.62. The third-order valence-corrected chi connectivity index (χ3v) is 8.81. The summed E-state index contributed by atoms with van der Waals surface area (Å²) in [6.45, 7) is 6.31. The van der Waals surface area contributed by atoms with Crippen LogP contribution < -0.4 is 14.4 Å². The van der Waals surface area contributed by atoms with Gasteiger partial charge in [0.25, 0.3) is 5.78 Å². The van der Waals surface area contributed by atoms with Gasteiger partial charge >= 0.3 is 5.91 Å². The van der Waals surface area contributed by atoms with Crippen LogP contribution in [-0.4, -0.2) is 40.2 Å². The second-order valence-corrected chi connectivity index (χ2v) is 11.6. The van der Waals surface area contributed by atoms with Gasteiger partial charge in [0.2, 0.25) is 5.13 Å². The zero-order valence-electron chi connectivity index (χ0n) is 22.5. The molecule has 1 aromatic heterocycles. The van der Waals surface area contributed by atoms with Crippen molar-refractivity contribution in [1.29, 1.82) is 0 Å². The number of anilines is 1. The predicted octanol–water partition coefficient (Wildman–Crippen LogP) is 7.07. The van der Waals surface area contributed by atoms with E-state index in [4.69, 9.17) is 21.1 Å². The number of ketones is 1. The van der Waals surface area contributed by atoms with Crippen molar-refractivity contribution in [2.75, 3.05) is 18.1 Å². The molecule has 0 radical (unpaired) electrons. The summed E-state index contributed by atoms with van der Waals surface area (Å²) in [4.78, 5) is 28.4. The first-order valence-corrected chi connectivity index (χ1v) is 15.2. The summed E-state index contributed by atoms with van der Waals surface area (Å²) < 4.78 is 11.8. The molecule has 1 amide bonds. The summed E-state index contributed by atoms with van der Waals surface area (Å²) >= 11 is 8.90. The number of hydrogen-bond acceptors (Lipinski definition) is 9. The van der Waals surface area contributed by atoms with Crippen molar-refractivity contribution in [2.45, 2.75) is 23.1 Å². The van der Waals surface area contributed by atoms with Gasteiger partial charge in [-0.25, -0.2) is 0 Å². The summed E-state index contributed by atoms with van der Waals surface area (Å²) in [5, 5.41) is 20.8. The Morgan fingerprint density at radius 1 is 1.07 bits per heavy atom. The lowest BCUT2D eigenvalue weighted by Crippen LogP contribution is -2.29. The number of hydrogen-bond donors (Lipinski definition) is 1. The van der Waals surface area contributed by atoms with Gasteiger partial charge in [-0.05, 0) is 60.5 Å². The molecular weight excluding hydrogens is 594 g/mol. The van der Waals surface area contributed by atoms with Gasteiger partial charge < -0.3 is 14.6 Å². The number of Topliss-reactive ketones (excluding diaryl/α,β-unsaturated/α-hetero) is 1. The SMILES string of the molecule is C=CCOc1cccc(C2/C(=C(\O)c3ccc(OCC)cc3)C(=O)C(=O)N2c2nnc(SCc3ccccc3Cl)s2)c1. The van der Waals surface area contributed by atoms with Crippen LogP contribution in [0.25, 0.3) is 5.76 Å². The van der Waals surface area contributed by atoms with Crippen LogP contribution in [-0.2, 0) is 15.3 Å². The van der Waals surface area contributed by atoms with Crippen molar-refractivity contribution in [3.63, 3.8) is 0 Å². The second-order valence-electron chi connectivity index (χ2n) is 9.03. The van der Waals surface area contributed by atoms with Crippen LogP contribution in [0.15, 0.2) is 95.4 Å². The fourth-order valence-electron chi connectivity index (χ4n) is 4.42. The molecule has 5 rings (SSSR count).